The zero-order valence-corrected chi connectivity index (χ0v) is 17.3. The summed E-state index contributed by atoms with van der Waals surface area (Å²) < 4.78 is 12.3. The molecule has 4 aromatic carbocycles. The molecule has 5 rings (SSSR count). The molecule has 2 heteroatoms. The third-order valence-electron chi connectivity index (χ3n) is 6.38. The van der Waals surface area contributed by atoms with E-state index in [1.807, 2.05) is 0 Å². The van der Waals surface area contributed by atoms with Crippen LogP contribution >= 0.6 is 0 Å². The van der Waals surface area contributed by atoms with E-state index >= 15 is 0 Å². The average molecular weight is 397 g/mol. The Kier molecular flexibility index (Phi) is 5.56. The van der Waals surface area contributed by atoms with Gasteiger partial charge in [0.05, 0.1) is 13.2 Å². The van der Waals surface area contributed by atoms with Crippen LogP contribution in [-0.4, -0.2) is 13.2 Å². The van der Waals surface area contributed by atoms with Gasteiger partial charge in [-0.3, -0.25) is 0 Å². The van der Waals surface area contributed by atoms with Gasteiger partial charge in [-0.25, -0.2) is 0 Å². The first-order valence-electron chi connectivity index (χ1n) is 11.1. The molecule has 0 aliphatic heterocycles. The van der Waals surface area contributed by atoms with Crippen molar-refractivity contribution in [3.05, 3.63) is 84.9 Å². The highest BCUT2D eigenvalue weighted by molar-refractivity contribution is 5.84. The first-order valence-corrected chi connectivity index (χ1v) is 11.1. The first kappa shape index (κ1) is 19.0. The topological polar surface area (TPSA) is 18.5 Å². The molecule has 0 atom stereocenters. The van der Waals surface area contributed by atoms with Gasteiger partial charge >= 0.3 is 0 Å². The summed E-state index contributed by atoms with van der Waals surface area (Å²) in [5.41, 5.74) is 0. The van der Waals surface area contributed by atoms with Crippen molar-refractivity contribution in [1.82, 2.24) is 0 Å². The van der Waals surface area contributed by atoms with Crippen molar-refractivity contribution in [2.45, 2.75) is 25.7 Å². The van der Waals surface area contributed by atoms with Gasteiger partial charge in [-0.05, 0) is 83.3 Å². The van der Waals surface area contributed by atoms with Crippen molar-refractivity contribution in [2.24, 2.45) is 11.8 Å². The monoisotopic (exact) mass is 396 g/mol. The minimum absolute atomic E-state index is 0.647. The van der Waals surface area contributed by atoms with E-state index in [0.717, 1.165) is 24.7 Å². The third-order valence-corrected chi connectivity index (χ3v) is 6.38. The van der Waals surface area contributed by atoms with E-state index < -0.39 is 0 Å². The van der Waals surface area contributed by atoms with Gasteiger partial charge in [-0.2, -0.15) is 0 Å². The van der Waals surface area contributed by atoms with Gasteiger partial charge in [0, 0.05) is 0 Å². The van der Waals surface area contributed by atoms with Crippen LogP contribution in [0.5, 0.6) is 11.5 Å². The Hall–Kier alpha value is -3.00. The lowest BCUT2D eigenvalue weighted by atomic mass is 9.83. The van der Waals surface area contributed by atoms with Crippen LogP contribution in [0.25, 0.3) is 21.5 Å². The van der Waals surface area contributed by atoms with Crippen LogP contribution in [0.1, 0.15) is 25.7 Å². The molecule has 30 heavy (non-hydrogen) atoms. The summed E-state index contributed by atoms with van der Waals surface area (Å²) in [6, 6.07) is 29.6. The summed E-state index contributed by atoms with van der Waals surface area (Å²) in [7, 11) is 0. The van der Waals surface area contributed by atoms with E-state index in [1.54, 1.807) is 0 Å². The third kappa shape index (κ3) is 4.43. The molecule has 1 aliphatic carbocycles. The summed E-state index contributed by atoms with van der Waals surface area (Å²) >= 11 is 0. The molecule has 0 amide bonds. The fourth-order valence-corrected chi connectivity index (χ4v) is 4.51. The van der Waals surface area contributed by atoms with Crippen LogP contribution in [0.3, 0.4) is 0 Å². The molecule has 0 heterocycles. The van der Waals surface area contributed by atoms with Crippen LogP contribution in [0, 0.1) is 11.8 Å². The second-order valence-electron chi connectivity index (χ2n) is 8.53. The van der Waals surface area contributed by atoms with Crippen molar-refractivity contribution in [3.63, 3.8) is 0 Å². The molecule has 0 spiro atoms. The van der Waals surface area contributed by atoms with Crippen LogP contribution in [0.4, 0.5) is 0 Å². The van der Waals surface area contributed by atoms with Gasteiger partial charge in [-0.1, -0.05) is 60.7 Å². The summed E-state index contributed by atoms with van der Waals surface area (Å²) in [6.45, 7) is 1.63. The van der Waals surface area contributed by atoms with Crippen molar-refractivity contribution in [1.29, 1.82) is 0 Å². The van der Waals surface area contributed by atoms with Gasteiger partial charge in [0.1, 0.15) is 11.5 Å². The molecular weight excluding hydrogens is 368 g/mol. The Balaban J connectivity index is 1.09. The zero-order valence-electron chi connectivity index (χ0n) is 17.3. The Labute approximate surface area is 178 Å². The molecule has 1 aliphatic rings. The number of hydrogen-bond donors (Lipinski definition) is 0. The summed E-state index contributed by atoms with van der Waals surface area (Å²) in [5, 5.41) is 5.00. The quantitative estimate of drug-likeness (QED) is 0.341. The molecule has 0 bridgehead atoms. The molecule has 152 valence electrons. The Morgan fingerprint density at radius 3 is 1.33 bits per heavy atom. The van der Waals surface area contributed by atoms with Gasteiger partial charge in [0.2, 0.25) is 0 Å². The van der Waals surface area contributed by atoms with E-state index in [4.69, 9.17) is 9.47 Å². The molecule has 0 saturated heterocycles. The standard InChI is InChI=1S/C28H28O2/c1-3-7-25-17-27(15-13-23(25)5-1)29-19-21-9-11-22(12-10-21)20-30-28-16-14-24-6-2-4-8-26(24)18-28/h1-8,13-18,21-22H,9-12,19-20H2. The highest BCUT2D eigenvalue weighted by atomic mass is 16.5. The summed E-state index contributed by atoms with van der Waals surface area (Å²) in [6.07, 6.45) is 4.89. The number of fused-ring (bicyclic) bond motifs is 2. The molecule has 4 aromatic rings. The predicted octanol–water partition coefficient (Wildman–Crippen LogP) is 7.26. The lowest BCUT2D eigenvalue weighted by Gasteiger charge is -2.28. The number of benzene rings is 4. The molecule has 1 saturated carbocycles. The smallest absolute Gasteiger partial charge is 0.119 e. The van der Waals surface area contributed by atoms with Crippen LogP contribution in [0.2, 0.25) is 0 Å². The molecule has 2 nitrogen and oxygen atoms in total. The first-order chi connectivity index (χ1) is 14.8. The van der Waals surface area contributed by atoms with Gasteiger partial charge in [0.25, 0.3) is 0 Å². The Morgan fingerprint density at radius 2 is 0.900 bits per heavy atom. The van der Waals surface area contributed by atoms with E-state index in [9.17, 15) is 0 Å². The summed E-state index contributed by atoms with van der Waals surface area (Å²) in [5.74, 6) is 3.26. The fraction of sp³-hybridized carbons (Fsp3) is 0.286. The van der Waals surface area contributed by atoms with Crippen LogP contribution < -0.4 is 9.47 Å². The lowest BCUT2D eigenvalue weighted by Crippen LogP contribution is -2.23. The molecule has 0 unspecified atom stereocenters. The van der Waals surface area contributed by atoms with Crippen molar-refractivity contribution < 1.29 is 9.47 Å². The second kappa shape index (κ2) is 8.79. The Bertz CT molecular complexity index is 1030. The number of rotatable bonds is 6. The average Bonchev–Trinajstić information content (AvgIpc) is 2.82. The highest BCUT2D eigenvalue weighted by Gasteiger charge is 2.22. The molecule has 0 N–H and O–H groups in total. The zero-order chi connectivity index (χ0) is 20.2. The summed E-state index contributed by atoms with van der Waals surface area (Å²) in [4.78, 5) is 0. The maximum atomic E-state index is 6.13. The minimum Gasteiger partial charge on any atom is -0.493 e. The maximum Gasteiger partial charge on any atom is 0.119 e. The van der Waals surface area contributed by atoms with Crippen molar-refractivity contribution in [2.75, 3.05) is 13.2 Å². The SMILES string of the molecule is c1ccc2cc(OCC3CCC(COc4ccc5ccccc5c4)CC3)ccc2c1. The fourth-order valence-electron chi connectivity index (χ4n) is 4.51. The largest absolute Gasteiger partial charge is 0.493 e. The van der Waals surface area contributed by atoms with Crippen molar-refractivity contribution in [3.8, 4) is 11.5 Å². The van der Waals surface area contributed by atoms with Gasteiger partial charge in [-0.15, -0.1) is 0 Å². The Morgan fingerprint density at radius 1 is 0.500 bits per heavy atom. The van der Waals surface area contributed by atoms with E-state index in [-0.39, 0.29) is 0 Å². The molecule has 0 aromatic heterocycles. The van der Waals surface area contributed by atoms with Crippen LogP contribution in [-0.2, 0) is 0 Å². The van der Waals surface area contributed by atoms with Crippen molar-refractivity contribution >= 4 is 21.5 Å². The van der Waals surface area contributed by atoms with E-state index in [1.165, 1.54) is 47.2 Å². The van der Waals surface area contributed by atoms with E-state index in [2.05, 4.69) is 84.9 Å². The van der Waals surface area contributed by atoms with Gasteiger partial charge in [0.15, 0.2) is 0 Å². The second-order valence-corrected chi connectivity index (χ2v) is 8.53. The molecule has 0 radical (unpaired) electrons. The molecule has 1 fully saturated rings. The molecular formula is C28H28O2. The predicted molar refractivity (Wildman–Crippen MR) is 124 cm³/mol. The number of hydrogen-bond acceptors (Lipinski definition) is 2. The normalized spacial score (nSPS) is 19.1. The van der Waals surface area contributed by atoms with Gasteiger partial charge < -0.3 is 9.47 Å². The number of ether oxygens (including phenoxy) is 2. The highest BCUT2D eigenvalue weighted by Crippen LogP contribution is 2.31. The van der Waals surface area contributed by atoms with E-state index in [0.29, 0.717) is 11.8 Å². The maximum absolute atomic E-state index is 6.13. The minimum atomic E-state index is 0.647. The lowest BCUT2D eigenvalue weighted by molar-refractivity contribution is 0.148. The van der Waals surface area contributed by atoms with Crippen LogP contribution in [0.15, 0.2) is 84.9 Å².